The van der Waals surface area contributed by atoms with Crippen LogP contribution >= 0.6 is 0 Å². The van der Waals surface area contributed by atoms with Gasteiger partial charge in [0.15, 0.2) is 0 Å². The molecule has 5 rings (SSSR count). The molecule has 1 amide bonds. The Morgan fingerprint density at radius 1 is 0.951 bits per heavy atom. The molecule has 0 fully saturated rings. The SMILES string of the molecule is CC(C)N(C)Cc1ccc2c(c1)OCCC2NC(=O)CC(NS(=O)(=O)c1ccc2ccccc2c1)c1ccccc1. The third-order valence-corrected chi connectivity index (χ3v) is 9.16. The van der Waals surface area contributed by atoms with E-state index in [-0.39, 0.29) is 23.3 Å². The second-order valence-corrected chi connectivity index (χ2v) is 12.6. The molecule has 2 N–H and O–H groups in total. The highest BCUT2D eigenvalue weighted by molar-refractivity contribution is 7.89. The van der Waals surface area contributed by atoms with Gasteiger partial charge in [0.25, 0.3) is 0 Å². The summed E-state index contributed by atoms with van der Waals surface area (Å²) in [7, 11) is -1.81. The van der Waals surface area contributed by atoms with Gasteiger partial charge in [-0.1, -0.05) is 72.8 Å². The Bertz CT molecular complexity index is 1620. The number of hydrogen-bond donors (Lipinski definition) is 2. The Kier molecular flexibility index (Phi) is 8.73. The van der Waals surface area contributed by atoms with Gasteiger partial charge in [-0.15, -0.1) is 0 Å². The smallest absolute Gasteiger partial charge is 0.241 e. The van der Waals surface area contributed by atoms with E-state index in [0.717, 1.165) is 39.8 Å². The largest absolute Gasteiger partial charge is 0.493 e. The Balaban J connectivity index is 1.33. The zero-order valence-electron chi connectivity index (χ0n) is 23.7. The minimum absolute atomic E-state index is 0.0409. The molecule has 214 valence electrons. The van der Waals surface area contributed by atoms with Crippen molar-refractivity contribution in [3.63, 3.8) is 0 Å². The van der Waals surface area contributed by atoms with Gasteiger partial charge in [-0.05, 0) is 61.0 Å². The molecule has 0 aromatic heterocycles. The number of nitrogens with one attached hydrogen (secondary N) is 2. The topological polar surface area (TPSA) is 87.7 Å². The number of sulfonamides is 1. The molecule has 2 unspecified atom stereocenters. The summed E-state index contributed by atoms with van der Waals surface area (Å²) >= 11 is 0. The van der Waals surface area contributed by atoms with Gasteiger partial charge in [0.05, 0.1) is 23.6 Å². The maximum Gasteiger partial charge on any atom is 0.241 e. The number of carbonyl (C=O) groups is 1. The maximum absolute atomic E-state index is 13.5. The molecule has 8 heteroatoms. The van der Waals surface area contributed by atoms with Crippen molar-refractivity contribution >= 4 is 26.7 Å². The van der Waals surface area contributed by atoms with Crippen molar-refractivity contribution in [2.24, 2.45) is 0 Å². The molecule has 7 nitrogen and oxygen atoms in total. The quantitative estimate of drug-likeness (QED) is 0.254. The van der Waals surface area contributed by atoms with Gasteiger partial charge in [0.1, 0.15) is 5.75 Å². The van der Waals surface area contributed by atoms with Crippen molar-refractivity contribution < 1.29 is 17.9 Å². The van der Waals surface area contributed by atoms with E-state index in [2.05, 4.69) is 48.0 Å². The van der Waals surface area contributed by atoms with Crippen molar-refractivity contribution in [3.05, 3.63) is 108 Å². The van der Waals surface area contributed by atoms with Crippen LogP contribution in [0.5, 0.6) is 5.75 Å². The first kappa shape index (κ1) is 28.8. The molecule has 4 aromatic rings. The highest BCUT2D eigenvalue weighted by Gasteiger charge is 2.27. The molecule has 1 aliphatic rings. The number of carbonyl (C=O) groups excluding carboxylic acids is 1. The summed E-state index contributed by atoms with van der Waals surface area (Å²) in [6, 6.07) is 27.5. The molecule has 2 atom stereocenters. The third kappa shape index (κ3) is 6.96. The van der Waals surface area contributed by atoms with Crippen LogP contribution in [0.4, 0.5) is 0 Å². The van der Waals surface area contributed by atoms with Crippen molar-refractivity contribution in [1.82, 2.24) is 14.9 Å². The summed E-state index contributed by atoms with van der Waals surface area (Å²) in [6.45, 7) is 5.62. The Labute approximate surface area is 242 Å². The first-order chi connectivity index (χ1) is 19.7. The number of amides is 1. The summed E-state index contributed by atoms with van der Waals surface area (Å²) in [5, 5.41) is 4.93. The summed E-state index contributed by atoms with van der Waals surface area (Å²) in [5.74, 6) is 0.550. The highest BCUT2D eigenvalue weighted by Crippen LogP contribution is 2.34. The van der Waals surface area contributed by atoms with Crippen LogP contribution in [-0.4, -0.2) is 38.9 Å². The lowest BCUT2D eigenvalue weighted by Crippen LogP contribution is -2.36. The molecule has 0 radical (unpaired) electrons. The van der Waals surface area contributed by atoms with Gasteiger partial charge >= 0.3 is 0 Å². The van der Waals surface area contributed by atoms with Crippen molar-refractivity contribution in [2.75, 3.05) is 13.7 Å². The lowest BCUT2D eigenvalue weighted by Gasteiger charge is -2.29. The molecule has 0 bridgehead atoms. The van der Waals surface area contributed by atoms with Crippen LogP contribution in [0.25, 0.3) is 10.8 Å². The molecular weight excluding hydrogens is 534 g/mol. The average Bonchev–Trinajstić information content (AvgIpc) is 2.97. The van der Waals surface area contributed by atoms with E-state index < -0.39 is 16.1 Å². The molecule has 1 heterocycles. The van der Waals surface area contributed by atoms with Gasteiger partial charge in [-0.3, -0.25) is 9.69 Å². The van der Waals surface area contributed by atoms with Crippen molar-refractivity contribution in [1.29, 1.82) is 0 Å². The fourth-order valence-corrected chi connectivity index (χ4v) is 6.35. The first-order valence-corrected chi connectivity index (χ1v) is 15.5. The van der Waals surface area contributed by atoms with Crippen LogP contribution in [0.1, 0.15) is 55.5 Å². The minimum Gasteiger partial charge on any atom is -0.493 e. The van der Waals surface area contributed by atoms with E-state index in [9.17, 15) is 13.2 Å². The molecular formula is C33H37N3O4S. The van der Waals surface area contributed by atoms with E-state index in [4.69, 9.17) is 4.74 Å². The molecule has 41 heavy (non-hydrogen) atoms. The van der Waals surface area contributed by atoms with E-state index in [0.29, 0.717) is 19.1 Å². The third-order valence-electron chi connectivity index (χ3n) is 7.69. The Hall–Kier alpha value is -3.72. The first-order valence-electron chi connectivity index (χ1n) is 14.0. The minimum atomic E-state index is -3.90. The van der Waals surface area contributed by atoms with E-state index in [1.165, 1.54) is 0 Å². The zero-order valence-corrected chi connectivity index (χ0v) is 24.5. The second-order valence-electron chi connectivity index (χ2n) is 10.9. The number of benzene rings is 4. The summed E-state index contributed by atoms with van der Waals surface area (Å²) in [5.41, 5.74) is 2.81. The van der Waals surface area contributed by atoms with Crippen molar-refractivity contribution in [2.45, 2.75) is 56.3 Å². The van der Waals surface area contributed by atoms with Crippen LogP contribution in [0.3, 0.4) is 0 Å². The van der Waals surface area contributed by atoms with Crippen LogP contribution < -0.4 is 14.8 Å². The Morgan fingerprint density at radius 2 is 1.68 bits per heavy atom. The van der Waals surface area contributed by atoms with E-state index >= 15 is 0 Å². The Morgan fingerprint density at radius 3 is 2.44 bits per heavy atom. The average molecular weight is 572 g/mol. The lowest BCUT2D eigenvalue weighted by molar-refractivity contribution is -0.122. The van der Waals surface area contributed by atoms with Gasteiger partial charge in [0, 0.05) is 31.0 Å². The fraction of sp³-hybridized carbons (Fsp3) is 0.303. The fourth-order valence-electron chi connectivity index (χ4n) is 5.09. The van der Waals surface area contributed by atoms with Gasteiger partial charge < -0.3 is 10.1 Å². The molecule has 4 aromatic carbocycles. The summed E-state index contributed by atoms with van der Waals surface area (Å²) < 4.78 is 35.7. The number of rotatable bonds is 10. The zero-order chi connectivity index (χ0) is 29.0. The molecule has 0 saturated carbocycles. The van der Waals surface area contributed by atoms with Crippen LogP contribution in [0, 0.1) is 0 Å². The monoisotopic (exact) mass is 571 g/mol. The normalized spacial score (nSPS) is 15.9. The van der Waals surface area contributed by atoms with Gasteiger partial charge in [0.2, 0.25) is 15.9 Å². The predicted octanol–water partition coefficient (Wildman–Crippen LogP) is 5.73. The number of fused-ring (bicyclic) bond motifs is 2. The van der Waals surface area contributed by atoms with Crippen molar-refractivity contribution in [3.8, 4) is 5.75 Å². The van der Waals surface area contributed by atoms with E-state index in [1.807, 2.05) is 60.7 Å². The summed E-state index contributed by atoms with van der Waals surface area (Å²) in [6.07, 6.45) is 0.601. The predicted molar refractivity (Wildman–Crippen MR) is 162 cm³/mol. The standard InChI is InChI=1S/C33H37N3O4S/c1-23(2)36(3)22-24-13-16-29-30(17-18-40-32(29)19-24)34-33(37)21-31(26-10-5-4-6-11-26)35-41(38,39)28-15-14-25-9-7-8-12-27(25)20-28/h4-16,19-20,23,30-31,35H,17-18,21-22H2,1-3H3,(H,34,37). The number of nitrogens with zero attached hydrogens (tertiary/aromatic N) is 1. The van der Waals surface area contributed by atoms with Gasteiger partial charge in [-0.2, -0.15) is 0 Å². The molecule has 0 aliphatic carbocycles. The summed E-state index contributed by atoms with van der Waals surface area (Å²) in [4.78, 5) is 15.8. The van der Waals surface area contributed by atoms with E-state index in [1.54, 1.807) is 18.2 Å². The highest BCUT2D eigenvalue weighted by atomic mass is 32.2. The number of ether oxygens (including phenoxy) is 1. The molecule has 0 spiro atoms. The molecule has 1 aliphatic heterocycles. The molecule has 0 saturated heterocycles. The second kappa shape index (κ2) is 12.4. The lowest BCUT2D eigenvalue weighted by atomic mass is 9.97. The van der Waals surface area contributed by atoms with Crippen LogP contribution in [0.15, 0.2) is 95.9 Å². The maximum atomic E-state index is 13.5. The van der Waals surface area contributed by atoms with Crippen LogP contribution in [0.2, 0.25) is 0 Å². The number of hydrogen-bond acceptors (Lipinski definition) is 5. The van der Waals surface area contributed by atoms with Gasteiger partial charge in [-0.25, -0.2) is 13.1 Å². The van der Waals surface area contributed by atoms with Crippen LogP contribution in [-0.2, 0) is 21.4 Å².